The van der Waals surface area contributed by atoms with Gasteiger partial charge in [-0.1, -0.05) is 29.8 Å². The first-order valence-electron chi connectivity index (χ1n) is 6.67. The molecule has 0 saturated carbocycles. The van der Waals surface area contributed by atoms with E-state index in [1.807, 2.05) is 0 Å². The maximum Gasteiger partial charge on any atom is 0.0588 e. The molecule has 0 aromatic heterocycles. The smallest absolute Gasteiger partial charge is 0.0588 e. The van der Waals surface area contributed by atoms with Crippen molar-refractivity contribution >= 4 is 0 Å². The fourth-order valence-corrected chi connectivity index (χ4v) is 3.22. The van der Waals surface area contributed by atoms with E-state index in [0.717, 1.165) is 32.2 Å². The molecule has 0 spiro atoms. The van der Waals surface area contributed by atoms with E-state index >= 15 is 0 Å². The topological polar surface area (TPSA) is 21.3 Å². The van der Waals surface area contributed by atoms with Crippen LogP contribution in [0.2, 0.25) is 0 Å². The number of hydrogen-bond donors (Lipinski definition) is 1. The number of hydrogen-bond acceptors (Lipinski definition) is 2. The van der Waals surface area contributed by atoms with Crippen LogP contribution in [-0.2, 0) is 10.2 Å². The summed E-state index contributed by atoms with van der Waals surface area (Å²) < 4.78 is 5.56. The first-order chi connectivity index (χ1) is 8.31. The fourth-order valence-electron chi connectivity index (χ4n) is 3.22. The standard InChI is InChI=1S/C15H21NO/c1-12-2-4-13(5-3-12)15(10-17-11-15)14-6-8-16-9-7-14/h2-5,14,16H,6-11H2,1H3. The molecule has 0 radical (unpaired) electrons. The first-order valence-corrected chi connectivity index (χ1v) is 6.67. The molecule has 1 aromatic carbocycles. The predicted molar refractivity (Wildman–Crippen MR) is 69.3 cm³/mol. The van der Waals surface area contributed by atoms with Gasteiger partial charge in [0.1, 0.15) is 0 Å². The van der Waals surface area contributed by atoms with Crippen molar-refractivity contribution in [3.8, 4) is 0 Å². The second-order valence-electron chi connectivity index (χ2n) is 5.54. The number of rotatable bonds is 2. The van der Waals surface area contributed by atoms with Gasteiger partial charge in [-0.05, 0) is 44.3 Å². The van der Waals surface area contributed by atoms with Crippen molar-refractivity contribution in [1.82, 2.24) is 5.32 Å². The fraction of sp³-hybridized carbons (Fsp3) is 0.600. The molecule has 2 aliphatic rings. The minimum Gasteiger partial charge on any atom is -0.379 e. The van der Waals surface area contributed by atoms with E-state index in [-0.39, 0.29) is 0 Å². The summed E-state index contributed by atoms with van der Waals surface area (Å²) in [6, 6.07) is 9.08. The highest BCUT2D eigenvalue weighted by Gasteiger charge is 2.46. The molecular weight excluding hydrogens is 210 g/mol. The van der Waals surface area contributed by atoms with E-state index in [2.05, 4.69) is 36.5 Å². The Morgan fingerprint density at radius 2 is 1.76 bits per heavy atom. The van der Waals surface area contributed by atoms with Gasteiger partial charge in [0.2, 0.25) is 0 Å². The van der Waals surface area contributed by atoms with Crippen LogP contribution in [0, 0.1) is 12.8 Å². The number of ether oxygens (including phenoxy) is 1. The van der Waals surface area contributed by atoms with Crippen molar-refractivity contribution < 1.29 is 4.74 Å². The minimum absolute atomic E-state index is 0.315. The molecule has 2 heterocycles. The third-order valence-electron chi connectivity index (χ3n) is 4.47. The first kappa shape index (κ1) is 11.2. The Bertz CT molecular complexity index is 374. The largest absolute Gasteiger partial charge is 0.379 e. The maximum atomic E-state index is 5.56. The molecule has 1 aromatic rings. The van der Waals surface area contributed by atoms with Crippen LogP contribution in [0.25, 0.3) is 0 Å². The molecule has 0 bridgehead atoms. The summed E-state index contributed by atoms with van der Waals surface area (Å²) in [5.74, 6) is 0.792. The summed E-state index contributed by atoms with van der Waals surface area (Å²) in [6.45, 7) is 6.32. The van der Waals surface area contributed by atoms with Gasteiger partial charge in [0.25, 0.3) is 0 Å². The highest BCUT2D eigenvalue weighted by Crippen LogP contribution is 2.43. The van der Waals surface area contributed by atoms with Crippen LogP contribution < -0.4 is 5.32 Å². The zero-order valence-electron chi connectivity index (χ0n) is 10.5. The monoisotopic (exact) mass is 231 g/mol. The second kappa shape index (κ2) is 4.43. The van der Waals surface area contributed by atoms with Crippen LogP contribution in [0.15, 0.2) is 24.3 Å². The van der Waals surface area contributed by atoms with Crippen molar-refractivity contribution in [3.05, 3.63) is 35.4 Å². The summed E-state index contributed by atoms with van der Waals surface area (Å²) in [6.07, 6.45) is 2.58. The van der Waals surface area contributed by atoms with E-state index in [1.165, 1.54) is 24.0 Å². The molecule has 17 heavy (non-hydrogen) atoms. The lowest BCUT2D eigenvalue weighted by Crippen LogP contribution is -2.54. The van der Waals surface area contributed by atoms with Crippen LogP contribution in [0.3, 0.4) is 0 Å². The molecule has 2 nitrogen and oxygen atoms in total. The normalized spacial score (nSPS) is 24.3. The summed E-state index contributed by atoms with van der Waals surface area (Å²) in [7, 11) is 0. The van der Waals surface area contributed by atoms with Crippen LogP contribution in [0.1, 0.15) is 24.0 Å². The van der Waals surface area contributed by atoms with E-state index < -0.39 is 0 Å². The molecule has 1 N–H and O–H groups in total. The minimum atomic E-state index is 0.315. The van der Waals surface area contributed by atoms with Gasteiger partial charge >= 0.3 is 0 Å². The molecular formula is C15H21NO. The molecule has 2 aliphatic heterocycles. The lowest BCUT2D eigenvalue weighted by atomic mass is 9.65. The highest BCUT2D eigenvalue weighted by atomic mass is 16.5. The SMILES string of the molecule is Cc1ccc(C2(C3CCNCC3)COC2)cc1. The molecule has 92 valence electrons. The Hall–Kier alpha value is -0.860. The number of nitrogens with one attached hydrogen (secondary N) is 1. The predicted octanol–water partition coefficient (Wildman–Crippen LogP) is 2.26. The van der Waals surface area contributed by atoms with Gasteiger partial charge in [-0.25, -0.2) is 0 Å². The zero-order valence-corrected chi connectivity index (χ0v) is 10.5. The Labute approximate surface area is 103 Å². The van der Waals surface area contributed by atoms with Crippen molar-refractivity contribution in [2.45, 2.75) is 25.2 Å². The van der Waals surface area contributed by atoms with Crippen molar-refractivity contribution in [2.75, 3.05) is 26.3 Å². The van der Waals surface area contributed by atoms with Crippen LogP contribution >= 0.6 is 0 Å². The van der Waals surface area contributed by atoms with Crippen LogP contribution in [0.4, 0.5) is 0 Å². The lowest BCUT2D eigenvalue weighted by Gasteiger charge is -2.49. The van der Waals surface area contributed by atoms with Gasteiger partial charge in [0.15, 0.2) is 0 Å². The quantitative estimate of drug-likeness (QED) is 0.843. The van der Waals surface area contributed by atoms with Crippen LogP contribution in [-0.4, -0.2) is 26.3 Å². The Morgan fingerprint density at radius 1 is 1.12 bits per heavy atom. The number of piperidine rings is 1. The van der Waals surface area contributed by atoms with Gasteiger partial charge in [0.05, 0.1) is 13.2 Å². The third-order valence-corrected chi connectivity index (χ3v) is 4.47. The highest BCUT2D eigenvalue weighted by molar-refractivity contribution is 5.32. The maximum absolute atomic E-state index is 5.56. The van der Waals surface area contributed by atoms with E-state index in [9.17, 15) is 0 Å². The van der Waals surface area contributed by atoms with Crippen molar-refractivity contribution in [1.29, 1.82) is 0 Å². The van der Waals surface area contributed by atoms with Gasteiger partial charge in [-0.3, -0.25) is 0 Å². The molecule has 2 heteroatoms. The summed E-state index contributed by atoms with van der Waals surface area (Å²) in [5.41, 5.74) is 3.14. The molecule has 0 amide bonds. The Kier molecular flexibility index (Phi) is 2.93. The van der Waals surface area contributed by atoms with Crippen LogP contribution in [0.5, 0.6) is 0 Å². The van der Waals surface area contributed by atoms with Crippen molar-refractivity contribution in [3.63, 3.8) is 0 Å². The summed E-state index contributed by atoms with van der Waals surface area (Å²) in [5, 5.41) is 3.45. The average molecular weight is 231 g/mol. The van der Waals surface area contributed by atoms with Crippen molar-refractivity contribution in [2.24, 2.45) is 5.92 Å². The Morgan fingerprint density at radius 3 is 2.29 bits per heavy atom. The van der Waals surface area contributed by atoms with Gasteiger partial charge < -0.3 is 10.1 Å². The second-order valence-corrected chi connectivity index (χ2v) is 5.54. The molecule has 3 rings (SSSR count). The lowest BCUT2D eigenvalue weighted by molar-refractivity contribution is -0.0963. The summed E-state index contributed by atoms with van der Waals surface area (Å²) in [4.78, 5) is 0. The molecule has 0 aliphatic carbocycles. The number of benzene rings is 1. The van der Waals surface area contributed by atoms with E-state index in [0.29, 0.717) is 5.41 Å². The molecule has 2 saturated heterocycles. The van der Waals surface area contributed by atoms with Gasteiger partial charge in [-0.2, -0.15) is 0 Å². The molecule has 0 atom stereocenters. The molecule has 2 fully saturated rings. The van der Waals surface area contributed by atoms with Gasteiger partial charge in [-0.15, -0.1) is 0 Å². The van der Waals surface area contributed by atoms with Gasteiger partial charge in [0, 0.05) is 5.41 Å². The van der Waals surface area contributed by atoms with E-state index in [1.54, 1.807) is 0 Å². The third kappa shape index (κ3) is 1.90. The van der Waals surface area contributed by atoms with E-state index in [4.69, 9.17) is 4.74 Å². The number of aryl methyl sites for hydroxylation is 1. The Balaban J connectivity index is 1.87. The average Bonchev–Trinajstić information content (AvgIpc) is 2.32. The summed E-state index contributed by atoms with van der Waals surface area (Å²) >= 11 is 0. The molecule has 0 unspecified atom stereocenters. The zero-order chi connectivity index (χ0) is 11.7.